The highest BCUT2D eigenvalue weighted by Gasteiger charge is 2.18. The maximum absolute atomic E-state index is 13.5. The molecule has 1 N–H and O–H groups in total. The van der Waals surface area contributed by atoms with E-state index in [1.165, 1.54) is 11.6 Å². The molecule has 0 aromatic heterocycles. The second-order valence-corrected chi connectivity index (χ2v) is 5.22. The average molecular weight is 279 g/mol. The summed E-state index contributed by atoms with van der Waals surface area (Å²) in [5.74, 6) is -0.514. The van der Waals surface area contributed by atoms with Crippen LogP contribution in [0.3, 0.4) is 0 Å². The smallest absolute Gasteiger partial charge is 0.142 e. The molecule has 1 nitrogen and oxygen atoms in total. The minimum absolute atomic E-state index is 0.0207. The van der Waals surface area contributed by atoms with Crippen molar-refractivity contribution in [2.24, 2.45) is 0 Å². The highest BCUT2D eigenvalue weighted by Crippen LogP contribution is 2.32. The maximum atomic E-state index is 13.5. The van der Waals surface area contributed by atoms with Crippen molar-refractivity contribution < 1.29 is 9.50 Å². The van der Waals surface area contributed by atoms with Gasteiger partial charge in [0.2, 0.25) is 0 Å². The Hall–Kier alpha value is -1.38. The molecule has 2 aromatic carbocycles. The standard InChI is InChI=1S/C16H16ClFO/c1-9-7-11(3)13(8-10(9)2)16(19)12-5-4-6-14(18)15(12)17/h4-8,16,19H,1-3H3. The Morgan fingerprint density at radius 2 is 1.63 bits per heavy atom. The van der Waals surface area contributed by atoms with Crippen molar-refractivity contribution in [3.63, 3.8) is 0 Å². The summed E-state index contributed by atoms with van der Waals surface area (Å²) in [6.07, 6.45) is -0.914. The van der Waals surface area contributed by atoms with Crippen LogP contribution in [0.15, 0.2) is 30.3 Å². The number of hydrogen-bond donors (Lipinski definition) is 1. The van der Waals surface area contributed by atoms with E-state index in [0.717, 1.165) is 16.7 Å². The lowest BCUT2D eigenvalue weighted by molar-refractivity contribution is 0.219. The van der Waals surface area contributed by atoms with E-state index in [0.29, 0.717) is 5.56 Å². The summed E-state index contributed by atoms with van der Waals surface area (Å²) < 4.78 is 13.5. The van der Waals surface area contributed by atoms with Crippen LogP contribution in [0.1, 0.15) is 33.9 Å². The predicted octanol–water partition coefficient (Wildman–Crippen LogP) is 4.49. The van der Waals surface area contributed by atoms with Gasteiger partial charge in [0.25, 0.3) is 0 Å². The van der Waals surface area contributed by atoms with Crippen molar-refractivity contribution in [2.75, 3.05) is 0 Å². The summed E-state index contributed by atoms with van der Waals surface area (Å²) in [5.41, 5.74) is 4.38. The SMILES string of the molecule is Cc1cc(C)c(C(O)c2cccc(F)c2Cl)cc1C. The Kier molecular flexibility index (Phi) is 3.93. The fraction of sp³-hybridized carbons (Fsp3) is 0.250. The van der Waals surface area contributed by atoms with Crippen molar-refractivity contribution in [3.05, 3.63) is 69.0 Å². The zero-order valence-electron chi connectivity index (χ0n) is 11.2. The first-order valence-corrected chi connectivity index (χ1v) is 6.49. The van der Waals surface area contributed by atoms with E-state index in [2.05, 4.69) is 0 Å². The van der Waals surface area contributed by atoms with E-state index >= 15 is 0 Å². The van der Waals surface area contributed by atoms with Crippen LogP contribution in [0.25, 0.3) is 0 Å². The highest BCUT2D eigenvalue weighted by atomic mass is 35.5. The van der Waals surface area contributed by atoms with Gasteiger partial charge in [-0.2, -0.15) is 0 Å². The fourth-order valence-electron chi connectivity index (χ4n) is 2.18. The Morgan fingerprint density at radius 3 is 2.32 bits per heavy atom. The lowest BCUT2D eigenvalue weighted by Crippen LogP contribution is -2.05. The monoisotopic (exact) mass is 278 g/mol. The van der Waals surface area contributed by atoms with E-state index in [9.17, 15) is 9.50 Å². The molecule has 1 unspecified atom stereocenters. The second-order valence-electron chi connectivity index (χ2n) is 4.84. The van der Waals surface area contributed by atoms with E-state index in [1.807, 2.05) is 32.9 Å². The van der Waals surface area contributed by atoms with Gasteiger partial charge >= 0.3 is 0 Å². The summed E-state index contributed by atoms with van der Waals surface area (Å²) in [6.45, 7) is 5.93. The predicted molar refractivity (Wildman–Crippen MR) is 76.1 cm³/mol. The molecule has 0 aliphatic heterocycles. The number of aryl methyl sites for hydroxylation is 3. The minimum atomic E-state index is -0.914. The zero-order valence-corrected chi connectivity index (χ0v) is 11.9. The Balaban J connectivity index is 2.53. The molecule has 19 heavy (non-hydrogen) atoms. The highest BCUT2D eigenvalue weighted by molar-refractivity contribution is 6.31. The molecular formula is C16H16ClFO. The fourth-order valence-corrected chi connectivity index (χ4v) is 2.41. The molecule has 0 amide bonds. The van der Waals surface area contributed by atoms with E-state index in [1.54, 1.807) is 12.1 Å². The van der Waals surface area contributed by atoms with Gasteiger partial charge in [0.15, 0.2) is 0 Å². The Morgan fingerprint density at radius 1 is 1.00 bits per heavy atom. The van der Waals surface area contributed by atoms with Crippen molar-refractivity contribution in [1.29, 1.82) is 0 Å². The third-order valence-electron chi connectivity index (χ3n) is 3.45. The molecule has 0 bridgehead atoms. The molecule has 3 heteroatoms. The van der Waals surface area contributed by atoms with Gasteiger partial charge in [-0.25, -0.2) is 4.39 Å². The molecule has 2 aromatic rings. The van der Waals surface area contributed by atoms with Gasteiger partial charge in [0.05, 0.1) is 5.02 Å². The molecule has 2 rings (SSSR count). The molecule has 0 heterocycles. The van der Waals surface area contributed by atoms with Gasteiger partial charge in [0, 0.05) is 5.56 Å². The topological polar surface area (TPSA) is 20.2 Å². The number of aliphatic hydroxyl groups is 1. The number of hydrogen-bond acceptors (Lipinski definition) is 1. The molecule has 100 valence electrons. The largest absolute Gasteiger partial charge is 0.384 e. The first-order chi connectivity index (χ1) is 8.91. The van der Waals surface area contributed by atoms with Gasteiger partial charge < -0.3 is 5.11 Å². The molecule has 0 fully saturated rings. The van der Waals surface area contributed by atoms with E-state index in [-0.39, 0.29) is 5.02 Å². The molecule has 0 spiro atoms. The number of aliphatic hydroxyl groups excluding tert-OH is 1. The van der Waals surface area contributed by atoms with E-state index in [4.69, 9.17) is 11.6 Å². The Bertz CT molecular complexity index is 622. The Labute approximate surface area is 117 Å². The molecule has 0 saturated carbocycles. The van der Waals surface area contributed by atoms with Crippen LogP contribution < -0.4 is 0 Å². The third-order valence-corrected chi connectivity index (χ3v) is 3.85. The van der Waals surface area contributed by atoms with Crippen LogP contribution in [-0.4, -0.2) is 5.11 Å². The van der Waals surface area contributed by atoms with Crippen LogP contribution in [0.4, 0.5) is 4.39 Å². The summed E-state index contributed by atoms with van der Waals surface area (Å²) >= 11 is 5.93. The molecule has 0 aliphatic rings. The number of rotatable bonds is 2. The van der Waals surface area contributed by atoms with Gasteiger partial charge in [-0.3, -0.25) is 0 Å². The lowest BCUT2D eigenvalue weighted by atomic mass is 9.93. The van der Waals surface area contributed by atoms with Gasteiger partial charge in [-0.1, -0.05) is 35.9 Å². The van der Waals surface area contributed by atoms with Crippen molar-refractivity contribution >= 4 is 11.6 Å². The van der Waals surface area contributed by atoms with Gasteiger partial charge in [-0.15, -0.1) is 0 Å². The van der Waals surface area contributed by atoms with Crippen molar-refractivity contribution in [1.82, 2.24) is 0 Å². The third kappa shape index (κ3) is 2.65. The zero-order chi connectivity index (χ0) is 14.2. The molecular weight excluding hydrogens is 263 g/mol. The first-order valence-electron chi connectivity index (χ1n) is 6.11. The first kappa shape index (κ1) is 14.0. The van der Waals surface area contributed by atoms with Gasteiger partial charge in [0.1, 0.15) is 11.9 Å². The maximum Gasteiger partial charge on any atom is 0.142 e. The number of benzene rings is 2. The summed E-state index contributed by atoms with van der Waals surface area (Å²) in [7, 11) is 0. The lowest BCUT2D eigenvalue weighted by Gasteiger charge is -2.17. The summed E-state index contributed by atoms with van der Waals surface area (Å²) in [6, 6.07) is 8.42. The van der Waals surface area contributed by atoms with Gasteiger partial charge in [-0.05, 0) is 49.1 Å². The van der Waals surface area contributed by atoms with Crippen molar-refractivity contribution in [3.8, 4) is 0 Å². The number of halogens is 2. The van der Waals surface area contributed by atoms with Crippen LogP contribution in [0.5, 0.6) is 0 Å². The van der Waals surface area contributed by atoms with Crippen LogP contribution in [0.2, 0.25) is 5.02 Å². The second kappa shape index (κ2) is 5.32. The van der Waals surface area contributed by atoms with Crippen molar-refractivity contribution in [2.45, 2.75) is 26.9 Å². The summed E-state index contributed by atoms with van der Waals surface area (Å²) in [4.78, 5) is 0. The molecule has 0 saturated heterocycles. The summed E-state index contributed by atoms with van der Waals surface area (Å²) in [5, 5.41) is 10.4. The molecule has 1 atom stereocenters. The van der Waals surface area contributed by atoms with Crippen LogP contribution in [0, 0.1) is 26.6 Å². The molecule has 0 radical (unpaired) electrons. The quantitative estimate of drug-likeness (QED) is 0.858. The van der Waals surface area contributed by atoms with E-state index < -0.39 is 11.9 Å². The average Bonchev–Trinajstić information content (AvgIpc) is 2.36. The van der Waals surface area contributed by atoms with Crippen LogP contribution >= 0.6 is 11.6 Å². The van der Waals surface area contributed by atoms with Crippen LogP contribution in [-0.2, 0) is 0 Å². The normalized spacial score (nSPS) is 12.5. The molecule has 0 aliphatic carbocycles. The minimum Gasteiger partial charge on any atom is -0.384 e.